The summed E-state index contributed by atoms with van der Waals surface area (Å²) in [7, 11) is 0. The first-order valence-electron chi connectivity index (χ1n) is 15.8. The van der Waals surface area contributed by atoms with Crippen molar-refractivity contribution >= 4 is 21.9 Å². The van der Waals surface area contributed by atoms with E-state index in [4.69, 9.17) is 19.4 Å². The predicted molar refractivity (Wildman–Crippen MR) is 185 cm³/mol. The minimum Gasteiger partial charge on any atom is -0.456 e. The molecule has 218 valence electrons. The second kappa shape index (κ2) is 10.9. The summed E-state index contributed by atoms with van der Waals surface area (Å²) in [4.78, 5) is 14.7. The minimum atomic E-state index is 0.383. The van der Waals surface area contributed by atoms with Crippen LogP contribution in [0.25, 0.3) is 67.2 Å². The highest BCUT2D eigenvalue weighted by Gasteiger charge is 2.28. The van der Waals surface area contributed by atoms with E-state index in [1.807, 2.05) is 60.7 Å². The molecule has 1 aliphatic rings. The van der Waals surface area contributed by atoms with E-state index in [1.54, 1.807) is 0 Å². The van der Waals surface area contributed by atoms with Crippen LogP contribution in [0.15, 0.2) is 150 Å². The van der Waals surface area contributed by atoms with Gasteiger partial charge in [0.2, 0.25) is 0 Å². The number of nitrogens with zero attached hydrogens (tertiary/aromatic N) is 3. The Balaban J connectivity index is 1.10. The molecule has 1 aliphatic carbocycles. The lowest BCUT2D eigenvalue weighted by Crippen LogP contribution is -2.00. The molecular weight excluding hydrogens is 562 g/mol. The minimum absolute atomic E-state index is 0.383. The third-order valence-corrected chi connectivity index (χ3v) is 9.21. The predicted octanol–water partition coefficient (Wildman–Crippen LogP) is 10.5. The van der Waals surface area contributed by atoms with Crippen molar-refractivity contribution in [3.8, 4) is 45.3 Å². The second-order valence-electron chi connectivity index (χ2n) is 11.9. The van der Waals surface area contributed by atoms with E-state index in [9.17, 15) is 0 Å². The van der Waals surface area contributed by atoms with Crippen LogP contribution >= 0.6 is 0 Å². The fourth-order valence-corrected chi connectivity index (χ4v) is 7.05. The van der Waals surface area contributed by atoms with Crippen molar-refractivity contribution in [3.63, 3.8) is 0 Å². The van der Waals surface area contributed by atoms with Gasteiger partial charge in [-0.05, 0) is 58.9 Å². The van der Waals surface area contributed by atoms with E-state index in [2.05, 4.69) is 84.9 Å². The molecule has 2 heterocycles. The summed E-state index contributed by atoms with van der Waals surface area (Å²) < 4.78 is 6.50. The Morgan fingerprint density at radius 2 is 1.04 bits per heavy atom. The molecule has 0 N–H and O–H groups in total. The first kappa shape index (κ1) is 26.5. The third kappa shape index (κ3) is 4.50. The van der Waals surface area contributed by atoms with Crippen LogP contribution in [-0.4, -0.2) is 15.0 Å². The van der Waals surface area contributed by atoms with Gasteiger partial charge in [-0.15, -0.1) is 0 Å². The van der Waals surface area contributed by atoms with E-state index >= 15 is 0 Å². The van der Waals surface area contributed by atoms with Gasteiger partial charge in [-0.3, -0.25) is 0 Å². The summed E-state index contributed by atoms with van der Waals surface area (Å²) in [5.41, 5.74) is 11.4. The van der Waals surface area contributed by atoms with Crippen molar-refractivity contribution in [2.75, 3.05) is 0 Å². The number of rotatable bonds is 6. The van der Waals surface area contributed by atoms with Crippen molar-refractivity contribution in [2.24, 2.45) is 0 Å². The van der Waals surface area contributed by atoms with Crippen LogP contribution in [0.5, 0.6) is 0 Å². The molecule has 0 amide bonds. The SMILES string of the molecule is c1ccc(-c2nc(-c3ccccc3)nc(-c3ccc4c(c3)oc3cccc(CCC5c6ccccc6-c6ccccc65)c34)n2)cc1. The summed E-state index contributed by atoms with van der Waals surface area (Å²) >= 11 is 0. The molecule has 2 aromatic heterocycles. The molecular formula is C42H29N3O. The van der Waals surface area contributed by atoms with Gasteiger partial charge in [0.25, 0.3) is 0 Å². The normalized spacial score (nSPS) is 12.4. The van der Waals surface area contributed by atoms with Gasteiger partial charge in [0, 0.05) is 33.4 Å². The molecule has 4 heteroatoms. The maximum absolute atomic E-state index is 6.50. The Morgan fingerprint density at radius 3 is 1.67 bits per heavy atom. The highest BCUT2D eigenvalue weighted by molar-refractivity contribution is 6.07. The first-order chi connectivity index (χ1) is 22.8. The van der Waals surface area contributed by atoms with Gasteiger partial charge in [0.05, 0.1) is 0 Å². The van der Waals surface area contributed by atoms with E-state index < -0.39 is 0 Å². The molecule has 9 rings (SSSR count). The fourth-order valence-electron chi connectivity index (χ4n) is 7.05. The molecule has 4 nitrogen and oxygen atoms in total. The van der Waals surface area contributed by atoms with Gasteiger partial charge >= 0.3 is 0 Å². The van der Waals surface area contributed by atoms with Crippen LogP contribution in [0.2, 0.25) is 0 Å². The van der Waals surface area contributed by atoms with Crippen molar-refractivity contribution in [3.05, 3.63) is 162 Å². The lowest BCUT2D eigenvalue weighted by molar-refractivity contribution is 0.668. The average Bonchev–Trinajstić information content (AvgIpc) is 3.67. The van der Waals surface area contributed by atoms with E-state index in [0.29, 0.717) is 23.4 Å². The van der Waals surface area contributed by atoms with Crippen molar-refractivity contribution < 1.29 is 4.42 Å². The van der Waals surface area contributed by atoms with Gasteiger partial charge in [-0.2, -0.15) is 0 Å². The molecule has 8 aromatic rings. The van der Waals surface area contributed by atoms with Crippen LogP contribution in [0.4, 0.5) is 0 Å². The van der Waals surface area contributed by atoms with Gasteiger partial charge in [-0.1, -0.05) is 127 Å². The standard InChI is InChI=1S/C42H29N3O/c1-3-12-28(13-4-1)40-43-41(29-14-5-2-6-15-29)45-42(44-40)30-23-25-36-38(26-30)46-37-21-11-16-27(39(36)37)22-24-35-33-19-9-7-17-31(33)32-18-8-10-20-34(32)35/h1-21,23,25-26,35H,22,24H2. The number of benzene rings is 6. The molecule has 46 heavy (non-hydrogen) atoms. The molecule has 0 bridgehead atoms. The Labute approximate surface area is 267 Å². The van der Waals surface area contributed by atoms with Gasteiger partial charge in [0.1, 0.15) is 11.2 Å². The van der Waals surface area contributed by atoms with Crippen molar-refractivity contribution in [1.82, 2.24) is 15.0 Å². The van der Waals surface area contributed by atoms with Gasteiger partial charge < -0.3 is 4.42 Å². The monoisotopic (exact) mass is 591 g/mol. The zero-order chi connectivity index (χ0) is 30.5. The number of furan rings is 1. The largest absolute Gasteiger partial charge is 0.456 e. The maximum atomic E-state index is 6.50. The van der Waals surface area contributed by atoms with Crippen LogP contribution in [0, 0.1) is 0 Å². The summed E-state index contributed by atoms with van der Waals surface area (Å²) in [5.74, 6) is 2.29. The second-order valence-corrected chi connectivity index (χ2v) is 11.9. The molecule has 0 aliphatic heterocycles. The highest BCUT2D eigenvalue weighted by atomic mass is 16.3. The number of hydrogen-bond donors (Lipinski definition) is 0. The number of fused-ring (bicyclic) bond motifs is 6. The molecule has 0 atom stereocenters. The molecule has 0 unspecified atom stereocenters. The first-order valence-corrected chi connectivity index (χ1v) is 15.8. The molecule has 0 saturated carbocycles. The molecule has 0 spiro atoms. The fraction of sp³-hybridized carbons (Fsp3) is 0.0714. The lowest BCUT2D eigenvalue weighted by Gasteiger charge is -2.14. The Hall–Kier alpha value is -5.87. The number of aryl methyl sites for hydroxylation is 1. The van der Waals surface area contributed by atoms with E-state index in [-0.39, 0.29) is 0 Å². The average molecular weight is 592 g/mol. The number of hydrogen-bond acceptors (Lipinski definition) is 4. The molecule has 0 saturated heterocycles. The summed E-state index contributed by atoms with van der Waals surface area (Å²) in [6, 6.07) is 50.6. The van der Waals surface area contributed by atoms with Crippen LogP contribution in [-0.2, 0) is 6.42 Å². The summed E-state index contributed by atoms with van der Waals surface area (Å²) in [6.45, 7) is 0. The molecule has 6 aromatic carbocycles. The van der Waals surface area contributed by atoms with Crippen LogP contribution in [0.1, 0.15) is 29.0 Å². The van der Waals surface area contributed by atoms with E-state index in [1.165, 1.54) is 33.2 Å². The van der Waals surface area contributed by atoms with Crippen molar-refractivity contribution in [2.45, 2.75) is 18.8 Å². The Kier molecular flexibility index (Phi) is 6.31. The Bertz CT molecular complexity index is 2270. The van der Waals surface area contributed by atoms with Gasteiger partial charge in [-0.25, -0.2) is 15.0 Å². The van der Waals surface area contributed by atoms with E-state index in [0.717, 1.165) is 46.1 Å². The molecule has 0 fully saturated rings. The summed E-state index contributed by atoms with van der Waals surface area (Å²) in [6.07, 6.45) is 1.99. The Morgan fingerprint density at radius 1 is 0.478 bits per heavy atom. The zero-order valence-corrected chi connectivity index (χ0v) is 25.1. The zero-order valence-electron chi connectivity index (χ0n) is 25.1. The quantitative estimate of drug-likeness (QED) is 0.193. The third-order valence-electron chi connectivity index (χ3n) is 9.21. The smallest absolute Gasteiger partial charge is 0.164 e. The van der Waals surface area contributed by atoms with Gasteiger partial charge in [0.15, 0.2) is 17.5 Å². The molecule has 0 radical (unpaired) electrons. The van der Waals surface area contributed by atoms with Crippen LogP contribution in [0.3, 0.4) is 0 Å². The number of aromatic nitrogens is 3. The summed E-state index contributed by atoms with van der Waals surface area (Å²) in [5, 5.41) is 2.30. The highest BCUT2D eigenvalue weighted by Crippen LogP contribution is 2.47. The van der Waals surface area contributed by atoms with Crippen LogP contribution < -0.4 is 0 Å². The topological polar surface area (TPSA) is 51.8 Å². The maximum Gasteiger partial charge on any atom is 0.164 e. The van der Waals surface area contributed by atoms with Crippen molar-refractivity contribution in [1.29, 1.82) is 0 Å². The lowest BCUT2D eigenvalue weighted by atomic mass is 9.89.